The minimum atomic E-state index is 1.31. The van der Waals surface area contributed by atoms with E-state index in [9.17, 15) is 0 Å². The molecule has 0 amide bonds. The van der Waals surface area contributed by atoms with Crippen LogP contribution in [0.2, 0.25) is 0 Å². The summed E-state index contributed by atoms with van der Waals surface area (Å²) in [4.78, 5) is 0. The Morgan fingerprint density at radius 3 is 2.24 bits per heavy atom. The number of hydrogen-bond donors (Lipinski definition) is 1. The van der Waals surface area contributed by atoms with E-state index in [1.165, 1.54) is 11.1 Å². The van der Waals surface area contributed by atoms with Crippen molar-refractivity contribution in [2.45, 2.75) is 0 Å². The second-order valence-corrected chi connectivity index (χ2v) is 3.39. The fraction of sp³-hybridized carbons (Fsp3) is 0. The second-order valence-electron chi connectivity index (χ2n) is 3.39. The highest BCUT2D eigenvalue weighted by atomic mass is 15.4. The fourth-order valence-corrected chi connectivity index (χ4v) is 1.42. The molecule has 1 N–H and O–H groups in total. The smallest absolute Gasteiger partial charge is 0.0513 e. The molecule has 0 saturated carbocycles. The van der Waals surface area contributed by atoms with Gasteiger partial charge in [-0.3, -0.25) is 5.43 Å². The van der Waals surface area contributed by atoms with Crippen LogP contribution in [0.4, 0.5) is 0 Å². The highest BCUT2D eigenvalue weighted by Crippen LogP contribution is 2.19. The van der Waals surface area contributed by atoms with Crippen molar-refractivity contribution in [3.63, 3.8) is 0 Å². The van der Waals surface area contributed by atoms with E-state index in [1.54, 1.807) is 18.5 Å². The minimum Gasteiger partial charge on any atom is -0.267 e. The van der Waals surface area contributed by atoms with Crippen molar-refractivity contribution in [3.8, 4) is 11.1 Å². The standard InChI is InChI=1S/C10H8.C4H5N3/c1-2-5-9-7-4-8-10(9)6-3-1;1-2-4-6-7-5-3-1/h1-8H;1-4H,(H,5,6). The second kappa shape index (κ2) is 6.23. The zero-order chi connectivity index (χ0) is 11.8. The Morgan fingerprint density at radius 1 is 0.765 bits per heavy atom. The van der Waals surface area contributed by atoms with Gasteiger partial charge < -0.3 is 0 Å². The van der Waals surface area contributed by atoms with Gasteiger partial charge in [-0.1, -0.05) is 53.8 Å². The minimum absolute atomic E-state index is 1.31. The number of hydrogen-bond acceptors (Lipinski definition) is 3. The first-order chi connectivity index (χ1) is 8.47. The molecule has 0 bridgehead atoms. The topological polar surface area (TPSA) is 36.8 Å². The van der Waals surface area contributed by atoms with E-state index in [1.807, 2.05) is 12.1 Å². The highest BCUT2D eigenvalue weighted by Gasteiger charge is 1.94. The molecule has 0 fully saturated rings. The van der Waals surface area contributed by atoms with Gasteiger partial charge in [0.2, 0.25) is 0 Å². The van der Waals surface area contributed by atoms with Gasteiger partial charge in [-0.2, -0.15) is 0 Å². The van der Waals surface area contributed by atoms with E-state index >= 15 is 0 Å². The number of nitrogens with one attached hydrogen (secondary N) is 1. The van der Waals surface area contributed by atoms with Crippen LogP contribution in [-0.4, -0.2) is 0 Å². The zero-order valence-electron chi connectivity index (χ0n) is 9.32. The lowest BCUT2D eigenvalue weighted by atomic mass is 10.2. The first kappa shape index (κ1) is 11.1. The van der Waals surface area contributed by atoms with Crippen molar-refractivity contribution in [2.75, 3.05) is 0 Å². The Balaban J connectivity index is 0.000000136. The summed E-state index contributed by atoms with van der Waals surface area (Å²) in [7, 11) is 0. The molecule has 0 atom stereocenters. The molecule has 3 heteroatoms. The molecule has 0 aromatic rings. The molecule has 0 aromatic heterocycles. The monoisotopic (exact) mass is 223 g/mol. The molecule has 3 aliphatic rings. The van der Waals surface area contributed by atoms with Crippen LogP contribution >= 0.6 is 0 Å². The Kier molecular flexibility index (Phi) is 4.06. The van der Waals surface area contributed by atoms with Crippen molar-refractivity contribution in [3.05, 3.63) is 73.1 Å². The van der Waals surface area contributed by atoms with Crippen molar-refractivity contribution in [2.24, 2.45) is 10.3 Å². The first-order valence-electron chi connectivity index (χ1n) is 5.38. The van der Waals surface area contributed by atoms with Gasteiger partial charge >= 0.3 is 0 Å². The molecule has 0 saturated heterocycles. The van der Waals surface area contributed by atoms with E-state index in [0.717, 1.165) is 0 Å². The molecule has 3 rings (SSSR count). The largest absolute Gasteiger partial charge is 0.267 e. The Bertz CT molecular complexity index is 473. The summed E-state index contributed by atoms with van der Waals surface area (Å²) in [6.07, 6.45) is 6.92. The highest BCUT2D eigenvalue weighted by molar-refractivity contribution is 5.65. The Labute approximate surface area is 101 Å². The summed E-state index contributed by atoms with van der Waals surface area (Å²) in [6, 6.07) is 16.7. The van der Waals surface area contributed by atoms with Gasteiger partial charge in [-0.25, -0.2) is 0 Å². The summed E-state index contributed by atoms with van der Waals surface area (Å²) < 4.78 is 0. The van der Waals surface area contributed by atoms with Gasteiger partial charge in [-0.15, -0.1) is 5.11 Å². The molecular formula is C14H13N3. The van der Waals surface area contributed by atoms with Crippen LogP contribution < -0.4 is 5.43 Å². The molecule has 0 unspecified atom stereocenters. The molecular weight excluding hydrogens is 210 g/mol. The maximum Gasteiger partial charge on any atom is 0.0513 e. The van der Waals surface area contributed by atoms with Gasteiger partial charge in [-0.05, 0) is 23.3 Å². The van der Waals surface area contributed by atoms with Gasteiger partial charge in [0.1, 0.15) is 0 Å². The number of nitrogens with zero attached hydrogens (tertiary/aromatic N) is 2. The molecule has 1 aliphatic heterocycles. The van der Waals surface area contributed by atoms with Gasteiger partial charge in [0.05, 0.1) is 6.20 Å². The van der Waals surface area contributed by atoms with E-state index < -0.39 is 0 Å². The zero-order valence-corrected chi connectivity index (χ0v) is 9.32. The summed E-state index contributed by atoms with van der Waals surface area (Å²) in [5.41, 5.74) is 5.18. The van der Waals surface area contributed by atoms with E-state index in [4.69, 9.17) is 0 Å². The lowest BCUT2D eigenvalue weighted by Crippen LogP contribution is -1.86. The van der Waals surface area contributed by atoms with E-state index in [-0.39, 0.29) is 0 Å². The lowest BCUT2D eigenvalue weighted by molar-refractivity contribution is 0.876. The quantitative estimate of drug-likeness (QED) is 0.725. The summed E-state index contributed by atoms with van der Waals surface area (Å²) in [6.45, 7) is 0. The Morgan fingerprint density at radius 2 is 1.47 bits per heavy atom. The molecule has 1 heterocycles. The fourth-order valence-electron chi connectivity index (χ4n) is 1.42. The summed E-state index contributed by atoms with van der Waals surface area (Å²) in [5, 5.41) is 7.01. The number of allylic oxidation sites excluding steroid dienone is 2. The average molecular weight is 223 g/mol. The molecule has 84 valence electrons. The third-order valence-corrected chi connectivity index (χ3v) is 2.21. The summed E-state index contributed by atoms with van der Waals surface area (Å²) in [5.74, 6) is 0. The molecule has 17 heavy (non-hydrogen) atoms. The van der Waals surface area contributed by atoms with Crippen molar-refractivity contribution < 1.29 is 0 Å². The van der Waals surface area contributed by atoms with Crippen LogP contribution in [0.3, 0.4) is 0 Å². The molecule has 2 aliphatic carbocycles. The summed E-state index contributed by atoms with van der Waals surface area (Å²) >= 11 is 0. The molecule has 0 spiro atoms. The predicted molar refractivity (Wildman–Crippen MR) is 69.3 cm³/mol. The molecule has 3 nitrogen and oxygen atoms in total. The third-order valence-electron chi connectivity index (χ3n) is 2.21. The maximum absolute atomic E-state index is 3.54. The van der Waals surface area contributed by atoms with E-state index in [0.29, 0.717) is 0 Å². The lowest BCUT2D eigenvalue weighted by Gasteiger charge is -1.85. The maximum atomic E-state index is 3.54. The van der Waals surface area contributed by atoms with E-state index in [2.05, 4.69) is 58.2 Å². The third kappa shape index (κ3) is 3.57. The average Bonchev–Trinajstić information content (AvgIpc) is 2.63. The predicted octanol–water partition coefficient (Wildman–Crippen LogP) is 3.78. The van der Waals surface area contributed by atoms with Crippen LogP contribution in [0.5, 0.6) is 0 Å². The molecule has 0 radical (unpaired) electrons. The normalized spacial score (nSPS) is 12.5. The Hall–Kier alpha value is -2.42. The number of rotatable bonds is 0. The van der Waals surface area contributed by atoms with Crippen LogP contribution in [0.25, 0.3) is 11.1 Å². The number of fused-ring (bicyclic) bond motifs is 1. The van der Waals surface area contributed by atoms with Crippen LogP contribution in [0.15, 0.2) is 83.4 Å². The van der Waals surface area contributed by atoms with Crippen LogP contribution in [0.1, 0.15) is 0 Å². The first-order valence-corrected chi connectivity index (χ1v) is 5.38. The van der Waals surface area contributed by atoms with Gasteiger partial charge in [0, 0.05) is 6.20 Å². The van der Waals surface area contributed by atoms with Crippen LogP contribution in [-0.2, 0) is 0 Å². The van der Waals surface area contributed by atoms with Gasteiger partial charge in [0.25, 0.3) is 0 Å². The SMILES string of the molecule is C1=CN=NNC=C1.c1ccc2cccc-2cc1. The van der Waals surface area contributed by atoms with Crippen LogP contribution in [0, 0.1) is 0 Å². The van der Waals surface area contributed by atoms with Crippen molar-refractivity contribution >= 4 is 0 Å². The molecule has 0 aromatic carbocycles. The van der Waals surface area contributed by atoms with Crippen molar-refractivity contribution in [1.29, 1.82) is 0 Å². The van der Waals surface area contributed by atoms with Crippen molar-refractivity contribution in [1.82, 2.24) is 5.43 Å². The van der Waals surface area contributed by atoms with Gasteiger partial charge in [0.15, 0.2) is 0 Å².